The molecule has 0 spiro atoms. The van der Waals surface area contributed by atoms with Crippen LogP contribution in [-0.2, 0) is 24.3 Å². The van der Waals surface area contributed by atoms with Crippen LogP contribution >= 0.6 is 0 Å². The molecule has 2 aromatic heterocycles. The van der Waals surface area contributed by atoms with E-state index in [-0.39, 0.29) is 29.6 Å². The Morgan fingerprint density at radius 2 is 1.70 bits per heavy atom. The Balaban J connectivity index is 1.45. The zero-order valence-corrected chi connectivity index (χ0v) is 21.4. The maximum Gasteiger partial charge on any atom is 0.455 e. The molecule has 4 rings (SSSR count). The van der Waals surface area contributed by atoms with Gasteiger partial charge in [-0.05, 0) is 63.1 Å². The number of alkyl halides is 6. The van der Waals surface area contributed by atoms with E-state index in [9.17, 15) is 31.1 Å². The monoisotopic (exact) mass is 567 g/mol. The van der Waals surface area contributed by atoms with Crippen molar-refractivity contribution >= 4 is 5.91 Å². The number of hydrogen-bond acceptors (Lipinski definition) is 6. The Morgan fingerprint density at radius 3 is 2.30 bits per heavy atom. The standard InChI is InChI=1S/C26H23F6N5O3/c1-24(2,3)37-20(19(14-34-37)39-18-6-4-5-17(13-18)25(27,28)29)21(38)33-12-11-15-7-9-16(10-8-15)22-35-23(36-40-22)26(30,31)32/h4-10,13-14H,11-12H2,1-3H3,(H,33,38). The molecule has 0 unspecified atom stereocenters. The van der Waals surface area contributed by atoms with E-state index >= 15 is 0 Å². The van der Waals surface area contributed by atoms with Crippen LogP contribution in [0.4, 0.5) is 26.3 Å². The predicted molar refractivity (Wildman–Crippen MR) is 130 cm³/mol. The average molecular weight is 567 g/mol. The summed E-state index contributed by atoms with van der Waals surface area (Å²) in [5.41, 5.74) is -0.480. The van der Waals surface area contributed by atoms with Crippen LogP contribution in [0.5, 0.6) is 11.5 Å². The van der Waals surface area contributed by atoms with Crippen molar-refractivity contribution in [3.8, 4) is 23.0 Å². The molecule has 0 aliphatic heterocycles. The fourth-order valence-corrected chi connectivity index (χ4v) is 3.66. The Morgan fingerprint density at radius 1 is 1.00 bits per heavy atom. The van der Waals surface area contributed by atoms with Crippen LogP contribution in [-0.4, -0.2) is 32.4 Å². The molecule has 1 amide bonds. The van der Waals surface area contributed by atoms with Crippen molar-refractivity contribution in [2.75, 3.05) is 6.54 Å². The highest BCUT2D eigenvalue weighted by atomic mass is 19.4. The number of ether oxygens (including phenoxy) is 1. The minimum absolute atomic E-state index is 0.0196. The second kappa shape index (κ2) is 10.7. The van der Waals surface area contributed by atoms with Gasteiger partial charge in [0, 0.05) is 12.1 Å². The van der Waals surface area contributed by atoms with Gasteiger partial charge in [0.25, 0.3) is 17.6 Å². The summed E-state index contributed by atoms with van der Waals surface area (Å²) >= 11 is 0. The van der Waals surface area contributed by atoms with E-state index in [0.717, 1.165) is 17.7 Å². The van der Waals surface area contributed by atoms with Gasteiger partial charge in [-0.25, -0.2) is 0 Å². The van der Waals surface area contributed by atoms with Crippen molar-refractivity contribution < 1.29 is 40.4 Å². The molecule has 40 heavy (non-hydrogen) atoms. The molecule has 0 atom stereocenters. The highest BCUT2D eigenvalue weighted by molar-refractivity contribution is 5.95. The molecule has 8 nitrogen and oxygen atoms in total. The lowest BCUT2D eigenvalue weighted by atomic mass is 10.1. The first-order chi connectivity index (χ1) is 18.6. The van der Waals surface area contributed by atoms with Crippen molar-refractivity contribution in [1.29, 1.82) is 0 Å². The summed E-state index contributed by atoms with van der Waals surface area (Å²) in [6, 6.07) is 10.6. The number of amides is 1. The van der Waals surface area contributed by atoms with Crippen LogP contribution in [0.25, 0.3) is 11.5 Å². The Bertz CT molecular complexity index is 1480. The number of halogens is 6. The first-order valence-electron chi connectivity index (χ1n) is 11.8. The zero-order chi connectivity index (χ0) is 29.3. The third-order valence-corrected chi connectivity index (χ3v) is 5.56. The van der Waals surface area contributed by atoms with Gasteiger partial charge in [0.2, 0.25) is 0 Å². The SMILES string of the molecule is CC(C)(C)n1ncc(Oc2cccc(C(F)(F)F)c2)c1C(=O)NCCc1ccc(-c2nc(C(F)(F)F)no2)cc1. The molecule has 2 aromatic carbocycles. The summed E-state index contributed by atoms with van der Waals surface area (Å²) in [7, 11) is 0. The van der Waals surface area contributed by atoms with Crippen molar-refractivity contribution in [2.45, 2.75) is 45.1 Å². The van der Waals surface area contributed by atoms with Gasteiger partial charge < -0.3 is 14.6 Å². The molecule has 0 saturated heterocycles. The molecule has 0 aliphatic carbocycles. The van der Waals surface area contributed by atoms with E-state index in [1.54, 1.807) is 32.9 Å². The molecule has 0 bridgehead atoms. The van der Waals surface area contributed by atoms with Gasteiger partial charge in [0.1, 0.15) is 5.75 Å². The number of benzene rings is 2. The average Bonchev–Trinajstić information content (AvgIpc) is 3.52. The van der Waals surface area contributed by atoms with Crippen molar-refractivity contribution in [1.82, 2.24) is 25.2 Å². The van der Waals surface area contributed by atoms with Crippen LogP contribution in [0.15, 0.2) is 59.3 Å². The molecule has 14 heteroatoms. The first-order valence-corrected chi connectivity index (χ1v) is 11.8. The first kappa shape index (κ1) is 28.6. The summed E-state index contributed by atoms with van der Waals surface area (Å²) in [6.07, 6.45) is -7.66. The molecular formula is C26H23F6N5O3. The van der Waals surface area contributed by atoms with Crippen molar-refractivity contribution in [3.63, 3.8) is 0 Å². The van der Waals surface area contributed by atoms with E-state index in [4.69, 9.17) is 4.74 Å². The van der Waals surface area contributed by atoms with Gasteiger partial charge in [-0.15, -0.1) is 0 Å². The number of nitrogens with one attached hydrogen (secondary N) is 1. The van der Waals surface area contributed by atoms with Gasteiger partial charge in [-0.3, -0.25) is 9.48 Å². The summed E-state index contributed by atoms with van der Waals surface area (Å²) < 4.78 is 89.2. The third-order valence-electron chi connectivity index (χ3n) is 5.56. The number of nitrogens with zero attached hydrogens (tertiary/aromatic N) is 4. The Hall–Kier alpha value is -4.36. The van der Waals surface area contributed by atoms with Crippen LogP contribution in [0.1, 0.15) is 48.2 Å². The van der Waals surface area contributed by atoms with Gasteiger partial charge >= 0.3 is 12.4 Å². The van der Waals surface area contributed by atoms with E-state index in [1.165, 1.54) is 35.1 Å². The van der Waals surface area contributed by atoms with E-state index < -0.39 is 35.2 Å². The smallest absolute Gasteiger partial charge is 0.453 e. The summed E-state index contributed by atoms with van der Waals surface area (Å²) in [6.45, 7) is 5.56. The highest BCUT2D eigenvalue weighted by Gasteiger charge is 2.37. The highest BCUT2D eigenvalue weighted by Crippen LogP contribution is 2.34. The fraction of sp³-hybridized carbons (Fsp3) is 0.308. The van der Waals surface area contributed by atoms with E-state index in [0.29, 0.717) is 12.0 Å². The quantitative estimate of drug-likeness (QED) is 0.257. The normalized spacial score (nSPS) is 12.4. The number of carbonyl (C=O) groups excluding carboxylic acids is 1. The van der Waals surface area contributed by atoms with Crippen LogP contribution < -0.4 is 10.1 Å². The van der Waals surface area contributed by atoms with E-state index in [2.05, 4.69) is 25.1 Å². The summed E-state index contributed by atoms with van der Waals surface area (Å²) in [4.78, 5) is 16.5. The van der Waals surface area contributed by atoms with Gasteiger partial charge in [-0.1, -0.05) is 23.4 Å². The van der Waals surface area contributed by atoms with Crippen molar-refractivity contribution in [2.24, 2.45) is 0 Å². The van der Waals surface area contributed by atoms with Gasteiger partial charge in [0.15, 0.2) is 11.4 Å². The molecule has 2 heterocycles. The number of rotatable bonds is 7. The second-order valence-electron chi connectivity index (χ2n) is 9.69. The molecule has 0 fully saturated rings. The molecule has 0 aliphatic rings. The van der Waals surface area contributed by atoms with Crippen LogP contribution in [0.3, 0.4) is 0 Å². The lowest BCUT2D eigenvalue weighted by Gasteiger charge is -2.22. The van der Waals surface area contributed by atoms with Crippen LogP contribution in [0, 0.1) is 0 Å². The Labute approximate surface area is 223 Å². The molecule has 4 aromatic rings. The lowest BCUT2D eigenvalue weighted by Crippen LogP contribution is -2.33. The minimum atomic E-state index is -4.72. The predicted octanol–water partition coefficient (Wildman–Crippen LogP) is 6.49. The summed E-state index contributed by atoms with van der Waals surface area (Å²) in [5.74, 6) is -2.34. The summed E-state index contributed by atoms with van der Waals surface area (Å²) in [5, 5.41) is 9.89. The number of hydrogen-bond donors (Lipinski definition) is 1. The third kappa shape index (κ3) is 6.61. The van der Waals surface area contributed by atoms with Gasteiger partial charge in [0.05, 0.1) is 17.3 Å². The number of aromatic nitrogens is 4. The zero-order valence-electron chi connectivity index (χ0n) is 21.4. The fourth-order valence-electron chi connectivity index (χ4n) is 3.66. The molecule has 0 radical (unpaired) electrons. The maximum absolute atomic E-state index is 13.2. The van der Waals surface area contributed by atoms with Crippen LogP contribution in [0.2, 0.25) is 0 Å². The van der Waals surface area contributed by atoms with Crippen molar-refractivity contribution in [3.05, 3.63) is 77.4 Å². The van der Waals surface area contributed by atoms with E-state index in [1.807, 2.05) is 0 Å². The largest absolute Gasteiger partial charge is 0.455 e. The second-order valence-corrected chi connectivity index (χ2v) is 9.69. The molecule has 0 saturated carbocycles. The minimum Gasteiger partial charge on any atom is -0.453 e. The lowest BCUT2D eigenvalue weighted by molar-refractivity contribution is -0.146. The molecule has 1 N–H and O–H groups in total. The topological polar surface area (TPSA) is 95.1 Å². The number of carbonyl (C=O) groups is 1. The Kier molecular flexibility index (Phi) is 7.63. The molecular weight excluding hydrogens is 544 g/mol. The maximum atomic E-state index is 13.2. The molecule has 212 valence electrons. The van der Waals surface area contributed by atoms with Gasteiger partial charge in [-0.2, -0.15) is 36.4 Å².